The Balaban J connectivity index is 4.05. The van der Waals surface area contributed by atoms with Crippen molar-refractivity contribution in [2.75, 3.05) is 25.4 Å². The van der Waals surface area contributed by atoms with Gasteiger partial charge in [0.25, 0.3) is 0 Å². The molecule has 34 heavy (non-hydrogen) atoms. The fraction of sp³-hybridized carbons (Fsp3) is 0.769. The number of esters is 1. The van der Waals surface area contributed by atoms with Gasteiger partial charge in [0.15, 0.2) is 0 Å². The third-order valence-electron chi connectivity index (χ3n) is 5.39. The van der Waals surface area contributed by atoms with E-state index in [1.54, 1.807) is 19.9 Å². The maximum atomic E-state index is 12.2. The zero-order valence-electron chi connectivity index (χ0n) is 21.4. The minimum absolute atomic E-state index is 0.0910. The lowest BCUT2D eigenvalue weighted by Gasteiger charge is -2.28. The van der Waals surface area contributed by atoms with Crippen LogP contribution in [-0.2, 0) is 19.1 Å². The lowest BCUT2D eigenvalue weighted by Crippen LogP contribution is -2.47. The number of rotatable bonds is 20. The maximum absolute atomic E-state index is 12.2. The van der Waals surface area contributed by atoms with Crippen LogP contribution < -0.4 is 10.6 Å². The second-order valence-corrected chi connectivity index (χ2v) is 9.66. The van der Waals surface area contributed by atoms with E-state index in [2.05, 4.69) is 35.9 Å². The largest absolute Gasteiger partial charge is 0.465 e. The number of aliphatic hydroxyl groups excluding tert-OH is 1. The number of nitrogens with one attached hydrogen (secondary N) is 2. The van der Waals surface area contributed by atoms with Gasteiger partial charge in [-0.2, -0.15) is 12.6 Å². The maximum Gasteiger partial charge on any atom is 0.310 e. The molecule has 0 radical (unpaired) electrons. The number of amides is 2. The Bertz CT molecular complexity index is 645. The molecule has 0 aromatic rings. The van der Waals surface area contributed by atoms with Gasteiger partial charge in [-0.05, 0) is 25.0 Å². The van der Waals surface area contributed by atoms with Crippen molar-refractivity contribution in [3.63, 3.8) is 0 Å². The van der Waals surface area contributed by atoms with Gasteiger partial charge in [-0.1, -0.05) is 65.7 Å². The third-order valence-corrected chi connectivity index (χ3v) is 5.61. The van der Waals surface area contributed by atoms with E-state index in [0.29, 0.717) is 12.3 Å². The van der Waals surface area contributed by atoms with Crippen molar-refractivity contribution in [1.29, 1.82) is 0 Å². The summed E-state index contributed by atoms with van der Waals surface area (Å²) in [6, 6.07) is 0. The zero-order chi connectivity index (χ0) is 25.7. The molecule has 3 N–H and O–H groups in total. The van der Waals surface area contributed by atoms with Crippen LogP contribution in [0.1, 0.15) is 91.4 Å². The fourth-order valence-electron chi connectivity index (χ4n) is 3.13. The van der Waals surface area contributed by atoms with Gasteiger partial charge in [0.05, 0.1) is 13.0 Å². The molecule has 0 saturated carbocycles. The first kappa shape index (κ1) is 32.2. The van der Waals surface area contributed by atoms with Crippen LogP contribution in [-0.4, -0.2) is 54.4 Å². The van der Waals surface area contributed by atoms with Crippen molar-refractivity contribution >= 4 is 30.4 Å². The van der Waals surface area contributed by atoms with Crippen molar-refractivity contribution in [2.45, 2.75) is 97.5 Å². The van der Waals surface area contributed by atoms with Crippen LogP contribution in [0.15, 0.2) is 17.9 Å². The average Bonchev–Trinajstić information content (AvgIpc) is 2.81. The van der Waals surface area contributed by atoms with E-state index >= 15 is 0 Å². The molecule has 0 unspecified atom stereocenters. The Morgan fingerprint density at radius 1 is 1.00 bits per heavy atom. The number of carbonyl (C=O) groups excluding carboxylic acids is 3. The quantitative estimate of drug-likeness (QED) is 0.0875. The molecule has 2 amide bonds. The molecule has 0 heterocycles. The van der Waals surface area contributed by atoms with Gasteiger partial charge in [-0.25, -0.2) is 0 Å². The second kappa shape index (κ2) is 20.6. The van der Waals surface area contributed by atoms with Gasteiger partial charge >= 0.3 is 5.97 Å². The van der Waals surface area contributed by atoms with Gasteiger partial charge in [0.1, 0.15) is 6.10 Å². The predicted molar refractivity (Wildman–Crippen MR) is 140 cm³/mol. The standard InChI is InChI=1S/C26H46N2O5S/c1-4-5-6-7-8-9-10-11-12-13-14-15-16-23(30)33-21-26(2,3)24(31)25(32)28-18-17-22(29)27-19-20-34/h13,15,24,31,34H,4-12,16-21H2,1-3H3,(H,27,29)(H,28,32)/t14?,24-/m1/s1. The topological polar surface area (TPSA) is 105 Å². The van der Waals surface area contributed by atoms with Crippen LogP contribution in [0.2, 0.25) is 0 Å². The number of hydrogen-bond donors (Lipinski definition) is 4. The van der Waals surface area contributed by atoms with Crippen LogP contribution in [0.3, 0.4) is 0 Å². The van der Waals surface area contributed by atoms with E-state index in [0.717, 1.165) is 12.8 Å². The summed E-state index contributed by atoms with van der Waals surface area (Å²) in [5, 5.41) is 15.5. The van der Waals surface area contributed by atoms with Crippen LogP contribution in [0.4, 0.5) is 0 Å². The molecule has 7 nitrogen and oxygen atoms in total. The number of thiol groups is 1. The molecule has 0 spiro atoms. The Labute approximate surface area is 211 Å². The summed E-state index contributed by atoms with van der Waals surface area (Å²) in [5.41, 5.74) is 2.05. The average molecular weight is 499 g/mol. The van der Waals surface area contributed by atoms with Crippen LogP contribution in [0.25, 0.3) is 0 Å². The number of ether oxygens (including phenoxy) is 1. The molecule has 8 heteroatoms. The Morgan fingerprint density at radius 3 is 2.29 bits per heavy atom. The van der Waals surface area contributed by atoms with Gasteiger partial charge in [-0.15, -0.1) is 5.73 Å². The summed E-state index contributed by atoms with van der Waals surface area (Å²) in [7, 11) is 0. The number of carbonyl (C=O) groups is 3. The Hall–Kier alpha value is -1.76. The lowest BCUT2D eigenvalue weighted by molar-refractivity contribution is -0.152. The number of unbranched alkanes of at least 4 members (excludes halogenated alkanes) is 8. The molecule has 0 aliphatic carbocycles. The predicted octanol–water partition coefficient (Wildman–Crippen LogP) is 4.10. The molecule has 0 saturated heterocycles. The minimum Gasteiger partial charge on any atom is -0.465 e. The van der Waals surface area contributed by atoms with E-state index in [1.165, 1.54) is 44.9 Å². The fourth-order valence-corrected chi connectivity index (χ4v) is 3.24. The van der Waals surface area contributed by atoms with Crippen molar-refractivity contribution in [1.82, 2.24) is 10.6 Å². The molecule has 196 valence electrons. The molecule has 0 aromatic carbocycles. The first-order valence-corrected chi connectivity index (χ1v) is 13.3. The van der Waals surface area contributed by atoms with Gasteiger partial charge < -0.3 is 20.5 Å². The first-order valence-electron chi connectivity index (χ1n) is 12.6. The molecule has 0 aliphatic rings. The monoisotopic (exact) mass is 498 g/mol. The second-order valence-electron chi connectivity index (χ2n) is 9.21. The molecule has 0 aliphatic heterocycles. The zero-order valence-corrected chi connectivity index (χ0v) is 22.3. The molecular weight excluding hydrogens is 452 g/mol. The molecule has 0 fully saturated rings. The van der Waals surface area contributed by atoms with Crippen LogP contribution in [0.5, 0.6) is 0 Å². The Kier molecular flexibility index (Phi) is 19.5. The lowest BCUT2D eigenvalue weighted by atomic mass is 9.87. The number of aliphatic hydroxyl groups is 1. The van der Waals surface area contributed by atoms with Gasteiger partial charge in [0.2, 0.25) is 11.8 Å². The SMILES string of the molecule is CCCCCCCCCCC=C=CCC(=O)OCC(C)(C)[C@H](O)C(=O)NCCC(=O)NCCS. The highest BCUT2D eigenvalue weighted by molar-refractivity contribution is 7.80. The van der Waals surface area contributed by atoms with Crippen molar-refractivity contribution in [2.24, 2.45) is 5.41 Å². The number of hydrogen-bond acceptors (Lipinski definition) is 6. The third kappa shape index (κ3) is 17.7. The Morgan fingerprint density at radius 2 is 1.65 bits per heavy atom. The molecule has 1 atom stereocenters. The highest BCUT2D eigenvalue weighted by atomic mass is 32.1. The van der Waals surface area contributed by atoms with Crippen molar-refractivity contribution < 1.29 is 24.2 Å². The van der Waals surface area contributed by atoms with E-state index in [9.17, 15) is 19.5 Å². The molecule has 0 rings (SSSR count). The first-order chi connectivity index (χ1) is 16.2. The van der Waals surface area contributed by atoms with Gasteiger partial charge in [-0.3, -0.25) is 14.4 Å². The smallest absolute Gasteiger partial charge is 0.310 e. The molecule has 0 bridgehead atoms. The highest BCUT2D eigenvalue weighted by Crippen LogP contribution is 2.21. The molecule has 0 aromatic heterocycles. The van der Waals surface area contributed by atoms with Crippen molar-refractivity contribution in [3.8, 4) is 0 Å². The van der Waals surface area contributed by atoms with E-state index in [-0.39, 0.29) is 31.9 Å². The van der Waals surface area contributed by atoms with E-state index in [4.69, 9.17) is 4.74 Å². The summed E-state index contributed by atoms with van der Waals surface area (Å²) in [6.07, 6.45) is 13.6. The minimum atomic E-state index is -1.37. The summed E-state index contributed by atoms with van der Waals surface area (Å²) in [4.78, 5) is 35.6. The van der Waals surface area contributed by atoms with E-state index < -0.39 is 23.4 Å². The van der Waals surface area contributed by atoms with Gasteiger partial charge in [0, 0.05) is 30.7 Å². The van der Waals surface area contributed by atoms with Crippen molar-refractivity contribution in [3.05, 3.63) is 17.9 Å². The summed E-state index contributed by atoms with van der Waals surface area (Å²) < 4.78 is 5.23. The summed E-state index contributed by atoms with van der Waals surface area (Å²) in [6.45, 7) is 5.98. The summed E-state index contributed by atoms with van der Waals surface area (Å²) in [5.74, 6) is -0.701. The van der Waals surface area contributed by atoms with Crippen LogP contribution >= 0.6 is 12.6 Å². The normalized spacial score (nSPS) is 11.8. The molecular formula is C26H46N2O5S. The van der Waals surface area contributed by atoms with E-state index in [1.807, 2.05) is 6.08 Å². The van der Waals surface area contributed by atoms with Crippen LogP contribution in [0, 0.1) is 5.41 Å². The summed E-state index contributed by atoms with van der Waals surface area (Å²) >= 11 is 4.00. The highest BCUT2D eigenvalue weighted by Gasteiger charge is 2.34.